The van der Waals surface area contributed by atoms with E-state index in [0.29, 0.717) is 25.3 Å². The SMILES string of the molecule is Cc1ccc(NC(=O)c2ccnc(C(C)(F)F)c2)cc1-c1ccc2c(c1)N1CCOC[C@H]1C(C)(C#N)C2. The van der Waals surface area contributed by atoms with Crippen molar-refractivity contribution in [3.8, 4) is 17.2 Å². The van der Waals surface area contributed by atoms with Gasteiger partial charge in [-0.3, -0.25) is 9.78 Å². The van der Waals surface area contributed by atoms with Gasteiger partial charge in [0.15, 0.2) is 0 Å². The largest absolute Gasteiger partial charge is 0.377 e. The van der Waals surface area contributed by atoms with Crippen LogP contribution in [0.25, 0.3) is 11.1 Å². The van der Waals surface area contributed by atoms with Crippen LogP contribution < -0.4 is 10.2 Å². The second-order valence-corrected chi connectivity index (χ2v) is 10.1. The van der Waals surface area contributed by atoms with Crippen LogP contribution in [0.15, 0.2) is 54.7 Å². The molecule has 0 spiro atoms. The number of anilines is 2. The van der Waals surface area contributed by atoms with Gasteiger partial charge in [-0.1, -0.05) is 18.2 Å². The fourth-order valence-electron chi connectivity index (χ4n) is 5.22. The number of hydrogen-bond acceptors (Lipinski definition) is 5. The third-order valence-electron chi connectivity index (χ3n) is 7.35. The molecule has 6 nitrogen and oxygen atoms in total. The fraction of sp³-hybridized carbons (Fsp3) is 0.345. The topological polar surface area (TPSA) is 78.2 Å². The molecule has 3 aromatic rings. The number of hydrogen-bond donors (Lipinski definition) is 1. The maximum atomic E-state index is 13.7. The Balaban J connectivity index is 1.45. The highest BCUT2D eigenvalue weighted by Crippen LogP contribution is 2.44. The van der Waals surface area contributed by atoms with Crippen molar-refractivity contribution in [1.29, 1.82) is 5.26 Å². The molecule has 0 aliphatic carbocycles. The van der Waals surface area contributed by atoms with Gasteiger partial charge in [-0.25, -0.2) is 0 Å². The molecule has 1 unspecified atom stereocenters. The zero-order valence-corrected chi connectivity index (χ0v) is 21.0. The van der Waals surface area contributed by atoms with E-state index in [2.05, 4.69) is 33.4 Å². The average molecular weight is 503 g/mol. The highest BCUT2D eigenvalue weighted by Gasteiger charge is 2.45. The van der Waals surface area contributed by atoms with Crippen molar-refractivity contribution in [2.24, 2.45) is 5.41 Å². The number of nitriles is 1. The van der Waals surface area contributed by atoms with Crippen molar-refractivity contribution in [3.63, 3.8) is 0 Å². The summed E-state index contributed by atoms with van der Waals surface area (Å²) in [6.07, 6.45) is 1.87. The van der Waals surface area contributed by atoms with Crippen LogP contribution in [0, 0.1) is 23.7 Å². The number of carbonyl (C=O) groups excluding carboxylic acids is 1. The van der Waals surface area contributed by atoms with E-state index in [4.69, 9.17) is 4.74 Å². The third kappa shape index (κ3) is 4.67. The predicted octanol–water partition coefficient (Wildman–Crippen LogP) is 5.71. The molecule has 2 aliphatic heterocycles. The van der Waals surface area contributed by atoms with E-state index >= 15 is 0 Å². The van der Waals surface area contributed by atoms with Crippen LogP contribution in [0.3, 0.4) is 0 Å². The number of morpholine rings is 1. The number of alkyl halides is 2. The molecule has 8 heteroatoms. The first-order valence-electron chi connectivity index (χ1n) is 12.2. The van der Waals surface area contributed by atoms with Gasteiger partial charge in [0.1, 0.15) is 5.69 Å². The predicted molar refractivity (Wildman–Crippen MR) is 138 cm³/mol. The quantitative estimate of drug-likeness (QED) is 0.494. The van der Waals surface area contributed by atoms with Crippen molar-refractivity contribution in [2.75, 3.05) is 30.0 Å². The van der Waals surface area contributed by atoms with Gasteiger partial charge in [0.25, 0.3) is 11.8 Å². The van der Waals surface area contributed by atoms with Crippen LogP contribution in [0.2, 0.25) is 0 Å². The molecule has 3 heterocycles. The van der Waals surface area contributed by atoms with E-state index in [9.17, 15) is 18.8 Å². The number of ether oxygens (including phenoxy) is 1. The molecule has 0 saturated carbocycles. The maximum absolute atomic E-state index is 13.7. The Bertz CT molecular complexity index is 1410. The van der Waals surface area contributed by atoms with Crippen molar-refractivity contribution >= 4 is 17.3 Å². The molecule has 2 aliphatic rings. The molecule has 2 atom stereocenters. The minimum absolute atomic E-state index is 0.0125. The van der Waals surface area contributed by atoms with Gasteiger partial charge in [-0.15, -0.1) is 0 Å². The minimum Gasteiger partial charge on any atom is -0.377 e. The maximum Gasteiger partial charge on any atom is 0.286 e. The summed E-state index contributed by atoms with van der Waals surface area (Å²) in [6, 6.07) is 16.9. The molecule has 2 aromatic carbocycles. The smallest absolute Gasteiger partial charge is 0.286 e. The third-order valence-corrected chi connectivity index (χ3v) is 7.35. The van der Waals surface area contributed by atoms with E-state index in [1.807, 2.05) is 32.0 Å². The first kappa shape index (κ1) is 24.8. The van der Waals surface area contributed by atoms with E-state index in [1.165, 1.54) is 12.3 Å². The number of carbonyl (C=O) groups is 1. The van der Waals surface area contributed by atoms with Crippen LogP contribution in [-0.4, -0.2) is 36.7 Å². The Morgan fingerprint density at radius 1 is 1.24 bits per heavy atom. The van der Waals surface area contributed by atoms with E-state index < -0.39 is 22.9 Å². The lowest BCUT2D eigenvalue weighted by Crippen LogP contribution is -2.57. The second kappa shape index (κ2) is 9.24. The molecule has 0 bridgehead atoms. The van der Waals surface area contributed by atoms with Gasteiger partial charge in [0, 0.05) is 36.6 Å². The van der Waals surface area contributed by atoms with Gasteiger partial charge in [-0.05, 0) is 72.9 Å². The molecule has 5 rings (SSSR count). The summed E-state index contributed by atoms with van der Waals surface area (Å²) in [5.74, 6) is -3.62. The summed E-state index contributed by atoms with van der Waals surface area (Å²) in [5.41, 5.74) is 4.92. The molecule has 37 heavy (non-hydrogen) atoms. The highest BCUT2D eigenvalue weighted by atomic mass is 19.3. The molecular formula is C29H28F2N4O2. The second-order valence-electron chi connectivity index (χ2n) is 10.1. The monoisotopic (exact) mass is 502 g/mol. The lowest BCUT2D eigenvalue weighted by Gasteiger charge is -2.49. The standard InChI is InChI=1S/C29H28F2N4O2/c1-18-4-7-22(34-27(36)20-8-9-33-25(13-20)29(3,30)31)14-23(18)19-5-6-21-15-28(2,17-32)26-16-37-11-10-35(26)24(21)12-19/h4-9,12-14,26H,10-11,15-16H2,1-3H3,(H,34,36)/t26-,28?/m0/s1. The first-order valence-corrected chi connectivity index (χ1v) is 12.2. The van der Waals surface area contributed by atoms with Crippen LogP contribution in [-0.2, 0) is 17.1 Å². The van der Waals surface area contributed by atoms with Crippen LogP contribution in [0.5, 0.6) is 0 Å². The molecule has 1 N–H and O–H groups in total. The molecule has 1 saturated heterocycles. The number of nitrogens with zero attached hydrogens (tertiary/aromatic N) is 3. The van der Waals surface area contributed by atoms with E-state index in [0.717, 1.165) is 47.5 Å². The van der Waals surface area contributed by atoms with Crippen molar-refractivity contribution < 1.29 is 18.3 Å². The minimum atomic E-state index is -3.13. The lowest BCUT2D eigenvalue weighted by atomic mass is 9.73. The Morgan fingerprint density at radius 2 is 2.05 bits per heavy atom. The fourth-order valence-corrected chi connectivity index (χ4v) is 5.22. The molecule has 1 amide bonds. The van der Waals surface area contributed by atoms with Gasteiger partial charge in [0.2, 0.25) is 0 Å². The number of amides is 1. The first-order chi connectivity index (χ1) is 17.6. The zero-order chi connectivity index (χ0) is 26.4. The average Bonchev–Trinajstić information content (AvgIpc) is 2.89. The number of fused-ring (bicyclic) bond motifs is 3. The van der Waals surface area contributed by atoms with Crippen molar-refractivity contribution in [3.05, 3.63) is 77.1 Å². The number of aromatic nitrogens is 1. The van der Waals surface area contributed by atoms with E-state index in [1.54, 1.807) is 6.07 Å². The molecule has 190 valence electrons. The number of halogens is 2. The van der Waals surface area contributed by atoms with Crippen LogP contribution in [0.1, 0.15) is 41.0 Å². The van der Waals surface area contributed by atoms with Crippen molar-refractivity contribution in [2.45, 2.75) is 39.2 Å². The van der Waals surface area contributed by atoms with Crippen LogP contribution in [0.4, 0.5) is 20.2 Å². The van der Waals surface area contributed by atoms with Gasteiger partial charge < -0.3 is 15.0 Å². The summed E-state index contributed by atoms with van der Waals surface area (Å²) < 4.78 is 33.1. The van der Waals surface area contributed by atoms with Gasteiger partial charge >= 0.3 is 0 Å². The number of aryl methyl sites for hydroxylation is 1. The van der Waals surface area contributed by atoms with Gasteiger partial charge in [0.05, 0.1) is 30.7 Å². The summed E-state index contributed by atoms with van der Waals surface area (Å²) in [7, 11) is 0. The summed E-state index contributed by atoms with van der Waals surface area (Å²) >= 11 is 0. The number of nitrogens with one attached hydrogen (secondary N) is 1. The number of benzene rings is 2. The number of pyridine rings is 1. The Hall–Kier alpha value is -3.83. The summed E-state index contributed by atoms with van der Waals surface area (Å²) in [5, 5.41) is 12.7. The van der Waals surface area contributed by atoms with E-state index in [-0.39, 0.29) is 11.6 Å². The van der Waals surface area contributed by atoms with Crippen molar-refractivity contribution in [1.82, 2.24) is 4.98 Å². The number of rotatable bonds is 4. The van der Waals surface area contributed by atoms with Gasteiger partial charge in [-0.2, -0.15) is 14.0 Å². The zero-order valence-electron chi connectivity index (χ0n) is 21.0. The Labute approximate surface area is 214 Å². The molecular weight excluding hydrogens is 474 g/mol. The Kier molecular flexibility index (Phi) is 6.20. The molecule has 0 radical (unpaired) electrons. The highest BCUT2D eigenvalue weighted by molar-refractivity contribution is 6.04. The summed E-state index contributed by atoms with van der Waals surface area (Å²) in [6.45, 7) is 6.61. The molecule has 1 aromatic heterocycles. The lowest BCUT2D eigenvalue weighted by molar-refractivity contribution is 0.0127. The summed E-state index contributed by atoms with van der Waals surface area (Å²) in [4.78, 5) is 18.8. The normalized spacial score (nSPS) is 21.0. The molecule has 1 fully saturated rings. The van der Waals surface area contributed by atoms with Crippen LogP contribution >= 0.6 is 0 Å². The Morgan fingerprint density at radius 3 is 2.81 bits per heavy atom.